The van der Waals surface area contributed by atoms with E-state index in [9.17, 15) is 4.79 Å². The summed E-state index contributed by atoms with van der Waals surface area (Å²) >= 11 is 16.8. The van der Waals surface area contributed by atoms with Gasteiger partial charge in [0.25, 0.3) is 9.70 Å². The number of nitrogens with zero attached hydrogens (tertiary/aromatic N) is 1. The number of carbonyl (C=O) groups excluding carboxylic acids is 1. The van der Waals surface area contributed by atoms with Crippen LogP contribution in [0, 0.1) is 0 Å². The van der Waals surface area contributed by atoms with Crippen LogP contribution >= 0.6 is 34.8 Å². The molecule has 1 amide bonds. The van der Waals surface area contributed by atoms with Gasteiger partial charge in [0.15, 0.2) is 5.58 Å². The summed E-state index contributed by atoms with van der Waals surface area (Å²) < 4.78 is 3.85. The summed E-state index contributed by atoms with van der Waals surface area (Å²) in [5.74, 6) is -0.287. The summed E-state index contributed by atoms with van der Waals surface area (Å²) in [4.78, 5) is 16.4. The van der Waals surface area contributed by atoms with Gasteiger partial charge in [-0.2, -0.15) is 0 Å². The second kappa shape index (κ2) is 6.47. The first-order chi connectivity index (χ1) is 12.4. The van der Waals surface area contributed by atoms with Crippen molar-refractivity contribution >= 4 is 68.3 Å². The van der Waals surface area contributed by atoms with Crippen molar-refractivity contribution < 1.29 is 9.21 Å². The molecule has 0 bridgehead atoms. The molecule has 4 nitrogen and oxygen atoms in total. The number of carbonyl (C=O) groups is 1. The zero-order valence-corrected chi connectivity index (χ0v) is 15.4. The molecule has 1 aromatic heterocycles. The minimum Gasteiger partial charge on any atom is -0.436 e. The molecular formula is C19H11Cl3N2O2. The van der Waals surface area contributed by atoms with Crippen molar-refractivity contribution in [1.82, 2.24) is 4.98 Å². The molecule has 7 heteroatoms. The summed E-state index contributed by atoms with van der Waals surface area (Å²) in [6.45, 7) is 0. The number of rotatable bonds is 2. The Hall–Kier alpha value is -2.27. The van der Waals surface area contributed by atoms with Gasteiger partial charge in [0.05, 0.1) is 0 Å². The van der Waals surface area contributed by atoms with E-state index >= 15 is 0 Å². The molecule has 0 aliphatic rings. The molecular weight excluding hydrogens is 395 g/mol. The number of fused-ring (bicyclic) bond motifs is 3. The van der Waals surface area contributed by atoms with Gasteiger partial charge < -0.3 is 9.73 Å². The lowest BCUT2D eigenvalue weighted by Gasteiger charge is -2.11. The third kappa shape index (κ3) is 3.23. The van der Waals surface area contributed by atoms with E-state index in [-0.39, 0.29) is 0 Å². The lowest BCUT2D eigenvalue weighted by atomic mass is 10.1. The molecule has 4 aromatic rings. The van der Waals surface area contributed by atoms with Gasteiger partial charge in [0, 0.05) is 16.6 Å². The van der Waals surface area contributed by atoms with Crippen LogP contribution in [0.5, 0.6) is 0 Å². The van der Waals surface area contributed by atoms with Crippen molar-refractivity contribution in [3.63, 3.8) is 0 Å². The Bertz CT molecular complexity index is 1130. The Morgan fingerprint density at radius 2 is 1.81 bits per heavy atom. The average molecular weight is 406 g/mol. The first-order valence-corrected chi connectivity index (χ1v) is 8.82. The zero-order chi connectivity index (χ0) is 18.3. The van der Waals surface area contributed by atoms with Crippen molar-refractivity contribution in [2.24, 2.45) is 0 Å². The van der Waals surface area contributed by atoms with Crippen molar-refractivity contribution in [2.45, 2.75) is 3.79 Å². The van der Waals surface area contributed by atoms with Crippen LogP contribution in [-0.4, -0.2) is 14.7 Å². The molecule has 0 aliphatic heterocycles. The van der Waals surface area contributed by atoms with Gasteiger partial charge >= 0.3 is 0 Å². The highest BCUT2D eigenvalue weighted by atomic mass is 35.6. The number of alkyl halides is 3. The number of hydrogen-bond donors (Lipinski definition) is 1. The van der Waals surface area contributed by atoms with Gasteiger partial charge in [0.1, 0.15) is 5.52 Å². The molecule has 0 radical (unpaired) electrons. The highest BCUT2D eigenvalue weighted by molar-refractivity contribution is 6.76. The number of halogens is 3. The third-order valence-electron chi connectivity index (χ3n) is 3.91. The molecule has 1 N–H and O–H groups in total. The van der Waals surface area contributed by atoms with Gasteiger partial charge in [-0.1, -0.05) is 71.2 Å². The fraction of sp³-hybridized carbons (Fsp3) is 0.0526. The predicted molar refractivity (Wildman–Crippen MR) is 106 cm³/mol. The monoisotopic (exact) mass is 404 g/mol. The Morgan fingerprint density at radius 1 is 1.00 bits per heavy atom. The molecule has 0 aliphatic carbocycles. The Kier molecular flexibility index (Phi) is 4.27. The van der Waals surface area contributed by atoms with E-state index in [1.54, 1.807) is 18.2 Å². The fourth-order valence-corrected chi connectivity index (χ4v) is 2.86. The molecule has 0 atom stereocenters. The van der Waals surface area contributed by atoms with Crippen LogP contribution in [0.25, 0.3) is 33.3 Å². The number of amides is 1. The topological polar surface area (TPSA) is 55.1 Å². The summed E-state index contributed by atoms with van der Waals surface area (Å²) in [6.07, 6.45) is 0. The summed E-state index contributed by atoms with van der Waals surface area (Å²) in [6, 6.07) is 18.8. The van der Waals surface area contributed by atoms with Crippen LogP contribution in [0.1, 0.15) is 0 Å². The molecule has 0 spiro atoms. The van der Waals surface area contributed by atoms with E-state index < -0.39 is 9.70 Å². The van der Waals surface area contributed by atoms with Gasteiger partial charge in [-0.3, -0.25) is 4.79 Å². The standard InChI is InChI=1S/C19H11Cl3N2O2/c20-19(21,22)18(25)23-13-6-3-5-12(10-13)17-24-16-14-7-2-1-4-11(14)8-9-15(16)26-17/h1-10H,(H,23,25). The molecule has 0 unspecified atom stereocenters. The minimum atomic E-state index is -2.04. The highest BCUT2D eigenvalue weighted by Crippen LogP contribution is 2.31. The number of nitrogens with one attached hydrogen (secondary N) is 1. The maximum atomic E-state index is 11.8. The zero-order valence-electron chi connectivity index (χ0n) is 13.2. The maximum absolute atomic E-state index is 11.8. The van der Waals surface area contributed by atoms with E-state index in [2.05, 4.69) is 10.3 Å². The molecule has 0 saturated carbocycles. The number of anilines is 1. The predicted octanol–water partition coefficient (Wildman–Crippen LogP) is 5.96. The third-order valence-corrected chi connectivity index (χ3v) is 4.42. The van der Waals surface area contributed by atoms with E-state index in [1.165, 1.54) is 0 Å². The van der Waals surface area contributed by atoms with E-state index in [0.717, 1.165) is 16.3 Å². The lowest BCUT2D eigenvalue weighted by Crippen LogP contribution is -2.26. The Morgan fingerprint density at radius 3 is 2.62 bits per heavy atom. The summed E-state index contributed by atoms with van der Waals surface area (Å²) in [5, 5.41) is 4.65. The number of hydrogen-bond acceptors (Lipinski definition) is 3. The normalized spacial score (nSPS) is 11.8. The SMILES string of the molecule is O=C(Nc1cccc(-c2nc3c(ccc4ccccc43)o2)c1)C(Cl)(Cl)Cl. The summed E-state index contributed by atoms with van der Waals surface area (Å²) in [7, 11) is 0. The van der Waals surface area contributed by atoms with Gasteiger partial charge in [-0.15, -0.1) is 0 Å². The van der Waals surface area contributed by atoms with Crippen LogP contribution in [0.4, 0.5) is 5.69 Å². The number of aromatic nitrogens is 1. The van der Waals surface area contributed by atoms with Gasteiger partial charge in [-0.05, 0) is 29.7 Å². The summed E-state index contributed by atoms with van der Waals surface area (Å²) in [5.41, 5.74) is 2.65. The van der Waals surface area contributed by atoms with E-state index in [4.69, 9.17) is 39.2 Å². The molecule has 1 heterocycles. The first-order valence-electron chi connectivity index (χ1n) is 7.69. The van der Waals surface area contributed by atoms with Crippen molar-refractivity contribution in [3.05, 3.63) is 60.7 Å². The second-order valence-corrected chi connectivity index (χ2v) is 7.97. The quantitative estimate of drug-likeness (QED) is 0.419. The van der Waals surface area contributed by atoms with E-state index in [0.29, 0.717) is 22.7 Å². The lowest BCUT2D eigenvalue weighted by molar-refractivity contribution is -0.115. The molecule has 0 saturated heterocycles. The molecule has 4 rings (SSSR count). The molecule has 3 aromatic carbocycles. The first kappa shape index (κ1) is 17.2. The van der Waals surface area contributed by atoms with Crippen LogP contribution in [-0.2, 0) is 4.79 Å². The van der Waals surface area contributed by atoms with E-state index in [1.807, 2.05) is 42.5 Å². The smallest absolute Gasteiger partial charge is 0.276 e. The maximum Gasteiger partial charge on any atom is 0.276 e. The van der Waals surface area contributed by atoms with Crippen molar-refractivity contribution in [1.29, 1.82) is 0 Å². The van der Waals surface area contributed by atoms with Crippen LogP contribution < -0.4 is 5.32 Å². The van der Waals surface area contributed by atoms with Crippen molar-refractivity contribution in [3.8, 4) is 11.5 Å². The molecule has 26 heavy (non-hydrogen) atoms. The number of oxazole rings is 1. The second-order valence-electron chi connectivity index (χ2n) is 5.69. The van der Waals surface area contributed by atoms with Gasteiger partial charge in [0.2, 0.25) is 5.89 Å². The molecule has 130 valence electrons. The Balaban J connectivity index is 1.75. The van der Waals surface area contributed by atoms with Gasteiger partial charge in [-0.25, -0.2) is 4.98 Å². The minimum absolute atomic E-state index is 0.446. The molecule has 0 fully saturated rings. The van der Waals surface area contributed by atoms with Crippen LogP contribution in [0.15, 0.2) is 65.1 Å². The average Bonchev–Trinajstić information content (AvgIpc) is 3.06. The van der Waals surface area contributed by atoms with Crippen molar-refractivity contribution in [2.75, 3.05) is 5.32 Å². The highest BCUT2D eigenvalue weighted by Gasteiger charge is 2.30. The largest absolute Gasteiger partial charge is 0.436 e. The fourth-order valence-electron chi connectivity index (χ4n) is 2.72. The van der Waals surface area contributed by atoms with Crippen LogP contribution in [0.3, 0.4) is 0 Å². The van der Waals surface area contributed by atoms with Crippen LogP contribution in [0.2, 0.25) is 0 Å². The number of benzene rings is 3. The Labute approximate surface area is 163 Å².